The maximum Gasteiger partial charge on any atom is 0.0624 e. The molecular weight excluding hydrogens is 248 g/mol. The summed E-state index contributed by atoms with van der Waals surface area (Å²) in [5, 5.41) is 21.6. The number of aliphatic hydroxyl groups excluding tert-OH is 2. The van der Waals surface area contributed by atoms with Crippen LogP contribution in [0.4, 0.5) is 0 Å². The van der Waals surface area contributed by atoms with Crippen LogP contribution < -0.4 is 0 Å². The minimum absolute atomic E-state index is 0.144. The lowest BCUT2D eigenvalue weighted by Gasteiger charge is -2.31. The van der Waals surface area contributed by atoms with E-state index in [0.717, 1.165) is 25.7 Å². The van der Waals surface area contributed by atoms with E-state index < -0.39 is 0 Å². The average Bonchev–Trinajstić information content (AvgIpc) is 2.54. The summed E-state index contributed by atoms with van der Waals surface area (Å²) in [6, 6.07) is 0. The van der Waals surface area contributed by atoms with Crippen LogP contribution in [0.1, 0.15) is 66.2 Å². The van der Waals surface area contributed by atoms with Crippen LogP contribution in [0.3, 0.4) is 0 Å². The van der Waals surface area contributed by atoms with Crippen molar-refractivity contribution in [2.24, 2.45) is 35.5 Å². The molecule has 0 saturated heterocycles. The molecule has 0 aromatic heterocycles. The zero-order valence-corrected chi connectivity index (χ0v) is 13.8. The lowest BCUT2D eigenvalue weighted by molar-refractivity contribution is -0.0305. The third-order valence-corrected chi connectivity index (χ3v) is 5.60. The second-order valence-corrected chi connectivity index (χ2v) is 8.26. The molecule has 2 fully saturated rings. The van der Waals surface area contributed by atoms with E-state index in [9.17, 15) is 10.2 Å². The Balaban J connectivity index is 2.07. The van der Waals surface area contributed by atoms with Crippen LogP contribution in [0.15, 0.2) is 0 Å². The van der Waals surface area contributed by atoms with E-state index in [0.29, 0.717) is 29.6 Å². The molecule has 118 valence electrons. The van der Waals surface area contributed by atoms with Gasteiger partial charge < -0.3 is 10.2 Å². The summed E-state index contributed by atoms with van der Waals surface area (Å²) in [5.41, 5.74) is 0. The fourth-order valence-corrected chi connectivity index (χ4v) is 4.90. The minimum Gasteiger partial charge on any atom is -0.392 e. The summed E-state index contributed by atoms with van der Waals surface area (Å²) in [7, 11) is 0. The Morgan fingerprint density at radius 1 is 0.850 bits per heavy atom. The van der Waals surface area contributed by atoms with Crippen molar-refractivity contribution in [1.82, 2.24) is 0 Å². The Morgan fingerprint density at radius 2 is 1.40 bits per heavy atom. The van der Waals surface area contributed by atoms with Crippen molar-refractivity contribution in [3.05, 3.63) is 0 Å². The molecular formula is C18H34O2. The van der Waals surface area contributed by atoms with Crippen LogP contribution in [0, 0.1) is 35.5 Å². The van der Waals surface area contributed by atoms with E-state index in [2.05, 4.69) is 27.7 Å². The van der Waals surface area contributed by atoms with E-state index in [1.807, 2.05) is 0 Å². The zero-order valence-electron chi connectivity index (χ0n) is 13.8. The van der Waals surface area contributed by atoms with Crippen LogP contribution in [0.5, 0.6) is 0 Å². The van der Waals surface area contributed by atoms with E-state index in [4.69, 9.17) is 0 Å². The summed E-state index contributed by atoms with van der Waals surface area (Å²) in [5.74, 6) is 2.79. The van der Waals surface area contributed by atoms with Crippen LogP contribution in [-0.2, 0) is 0 Å². The van der Waals surface area contributed by atoms with Gasteiger partial charge in [0.25, 0.3) is 0 Å². The molecule has 0 aromatic carbocycles. The van der Waals surface area contributed by atoms with Crippen molar-refractivity contribution in [2.75, 3.05) is 0 Å². The Hall–Kier alpha value is -0.0800. The second kappa shape index (κ2) is 6.79. The van der Waals surface area contributed by atoms with Crippen LogP contribution in [0.25, 0.3) is 0 Å². The van der Waals surface area contributed by atoms with Gasteiger partial charge >= 0.3 is 0 Å². The van der Waals surface area contributed by atoms with Crippen molar-refractivity contribution < 1.29 is 10.2 Å². The van der Waals surface area contributed by atoms with Crippen molar-refractivity contribution in [3.8, 4) is 0 Å². The van der Waals surface area contributed by atoms with Gasteiger partial charge in [0.1, 0.15) is 0 Å². The minimum atomic E-state index is -0.280. The van der Waals surface area contributed by atoms with Crippen LogP contribution in [-0.4, -0.2) is 22.4 Å². The molecule has 0 aromatic rings. The smallest absolute Gasteiger partial charge is 0.0624 e. The molecule has 20 heavy (non-hydrogen) atoms. The molecule has 2 N–H and O–H groups in total. The molecule has 0 heterocycles. The molecule has 4 unspecified atom stereocenters. The third kappa shape index (κ3) is 3.57. The lowest BCUT2D eigenvalue weighted by atomic mass is 9.80. The molecule has 2 saturated carbocycles. The van der Waals surface area contributed by atoms with Gasteiger partial charge in [0.05, 0.1) is 12.2 Å². The molecule has 2 aliphatic carbocycles. The average molecular weight is 282 g/mol. The quantitative estimate of drug-likeness (QED) is 0.822. The van der Waals surface area contributed by atoms with Crippen molar-refractivity contribution in [1.29, 1.82) is 0 Å². The highest BCUT2D eigenvalue weighted by Gasteiger charge is 2.48. The van der Waals surface area contributed by atoms with Gasteiger partial charge in [-0.25, -0.2) is 0 Å². The van der Waals surface area contributed by atoms with Gasteiger partial charge in [-0.3, -0.25) is 0 Å². The highest BCUT2D eigenvalue weighted by atomic mass is 16.3. The van der Waals surface area contributed by atoms with E-state index in [1.54, 1.807) is 0 Å². The first-order chi connectivity index (χ1) is 9.40. The fourth-order valence-electron chi connectivity index (χ4n) is 4.90. The monoisotopic (exact) mass is 282 g/mol. The third-order valence-electron chi connectivity index (χ3n) is 5.60. The molecule has 6 atom stereocenters. The normalized spacial score (nSPS) is 42.0. The highest BCUT2D eigenvalue weighted by molar-refractivity contribution is 4.98. The maximum atomic E-state index is 10.8. The summed E-state index contributed by atoms with van der Waals surface area (Å²) < 4.78 is 0. The predicted molar refractivity (Wildman–Crippen MR) is 83.4 cm³/mol. The van der Waals surface area contributed by atoms with Crippen molar-refractivity contribution in [2.45, 2.75) is 78.4 Å². The Kier molecular flexibility index (Phi) is 5.53. The predicted octanol–water partition coefficient (Wildman–Crippen LogP) is 3.85. The molecule has 2 heteroatoms. The Morgan fingerprint density at radius 3 is 2.00 bits per heavy atom. The first kappa shape index (κ1) is 16.3. The number of hydrogen-bond donors (Lipinski definition) is 2. The number of aliphatic hydroxyl groups is 2. The maximum absolute atomic E-state index is 10.8. The van der Waals surface area contributed by atoms with Gasteiger partial charge in [0.2, 0.25) is 0 Å². The summed E-state index contributed by atoms with van der Waals surface area (Å²) in [4.78, 5) is 0. The summed E-state index contributed by atoms with van der Waals surface area (Å²) in [6.45, 7) is 8.95. The van der Waals surface area contributed by atoms with Gasteiger partial charge in [0, 0.05) is 5.92 Å². The molecule has 0 spiro atoms. The van der Waals surface area contributed by atoms with Gasteiger partial charge in [-0.1, -0.05) is 34.1 Å². The lowest BCUT2D eigenvalue weighted by Crippen LogP contribution is -2.37. The molecule has 2 rings (SSSR count). The molecule has 0 aliphatic heterocycles. The van der Waals surface area contributed by atoms with Crippen molar-refractivity contribution in [3.63, 3.8) is 0 Å². The highest BCUT2D eigenvalue weighted by Crippen LogP contribution is 2.48. The van der Waals surface area contributed by atoms with Crippen LogP contribution >= 0.6 is 0 Å². The van der Waals surface area contributed by atoms with Crippen molar-refractivity contribution >= 4 is 0 Å². The van der Waals surface area contributed by atoms with Gasteiger partial charge in [0.15, 0.2) is 0 Å². The van der Waals surface area contributed by atoms with E-state index in [-0.39, 0.29) is 18.1 Å². The summed E-state index contributed by atoms with van der Waals surface area (Å²) >= 11 is 0. The Bertz CT molecular complexity index is 300. The molecule has 2 nitrogen and oxygen atoms in total. The fraction of sp³-hybridized carbons (Fsp3) is 1.00. The zero-order chi connectivity index (χ0) is 14.9. The summed E-state index contributed by atoms with van der Waals surface area (Å²) in [6.07, 6.45) is 6.38. The SMILES string of the molecule is CC(C)C[C@H]1CCCC2C[C@H](CC(C)C)C(O)C2C1O. The molecule has 0 bridgehead atoms. The molecule has 0 radical (unpaired) electrons. The largest absolute Gasteiger partial charge is 0.392 e. The van der Waals surface area contributed by atoms with Crippen LogP contribution in [0.2, 0.25) is 0 Å². The first-order valence-electron chi connectivity index (χ1n) is 8.76. The number of rotatable bonds is 4. The van der Waals surface area contributed by atoms with Gasteiger partial charge in [-0.2, -0.15) is 0 Å². The number of fused-ring (bicyclic) bond motifs is 1. The molecule has 2 aliphatic rings. The first-order valence-corrected chi connectivity index (χ1v) is 8.76. The Labute approximate surface area is 125 Å². The molecule has 0 amide bonds. The van der Waals surface area contributed by atoms with E-state index >= 15 is 0 Å². The van der Waals surface area contributed by atoms with Gasteiger partial charge in [-0.15, -0.1) is 0 Å². The van der Waals surface area contributed by atoms with E-state index in [1.165, 1.54) is 12.8 Å². The number of hydrogen-bond acceptors (Lipinski definition) is 2. The second-order valence-electron chi connectivity index (χ2n) is 8.26. The van der Waals surface area contributed by atoms with Gasteiger partial charge in [-0.05, 0) is 61.7 Å². The topological polar surface area (TPSA) is 40.5 Å². The standard InChI is InChI=1S/C18H34O2/c1-11(2)8-14-7-5-6-13-10-15(9-12(3)4)18(20)16(13)17(14)19/h11-20H,5-10H2,1-4H3/t13?,14-,15+,16?,17?,18?/m1/s1.